The molecule has 0 unspecified atom stereocenters. The van der Waals surface area contributed by atoms with Crippen LogP contribution in [0.4, 0.5) is 5.69 Å². The van der Waals surface area contributed by atoms with Crippen molar-refractivity contribution in [3.05, 3.63) is 33.9 Å². The summed E-state index contributed by atoms with van der Waals surface area (Å²) in [6.07, 6.45) is 0. The van der Waals surface area contributed by atoms with Crippen LogP contribution < -0.4 is 10.7 Å². The predicted molar refractivity (Wildman–Crippen MR) is 55.9 cm³/mol. The van der Waals surface area contributed by atoms with Crippen molar-refractivity contribution in [2.45, 2.75) is 0 Å². The molecule has 0 spiro atoms. The fourth-order valence-corrected chi connectivity index (χ4v) is 1.15. The monoisotopic (exact) mass is 225 g/mol. The number of carbonyl (C=O) groups is 1. The molecule has 0 radical (unpaired) electrons. The molecule has 0 aliphatic carbocycles. The Morgan fingerprint density at radius 2 is 2.12 bits per heavy atom. The minimum Gasteiger partial charge on any atom is -0.404 e. The fourth-order valence-electron chi connectivity index (χ4n) is 1.15. The van der Waals surface area contributed by atoms with Gasteiger partial charge in [-0.05, 0) is 12.1 Å². The van der Waals surface area contributed by atoms with Gasteiger partial charge in [-0.3, -0.25) is 14.9 Å². The van der Waals surface area contributed by atoms with Crippen LogP contribution in [0.1, 0.15) is 10.4 Å². The van der Waals surface area contributed by atoms with Crippen LogP contribution in [0.3, 0.4) is 0 Å². The number of nitro benzene ring substituents is 1. The smallest absolute Gasteiger partial charge is 0.314 e. The van der Waals surface area contributed by atoms with E-state index < -0.39 is 4.92 Å². The number of rotatable bonds is 3. The Balaban J connectivity index is 3.22. The number of hydrogen-bond donors (Lipinski definition) is 1. The summed E-state index contributed by atoms with van der Waals surface area (Å²) in [5.74, 6) is 4.46. The quantitative estimate of drug-likeness (QED) is 0.598. The molecule has 0 aliphatic heterocycles. The maximum absolute atomic E-state index is 11.6. The van der Waals surface area contributed by atoms with E-state index >= 15 is 0 Å². The first-order valence-electron chi connectivity index (χ1n) is 4.34. The molecule has 0 heterocycles. The van der Waals surface area contributed by atoms with Crippen LogP contribution >= 0.6 is 0 Å². The van der Waals surface area contributed by atoms with Gasteiger partial charge >= 0.3 is 5.69 Å². The van der Waals surface area contributed by atoms with Gasteiger partial charge in [0, 0.05) is 25.7 Å². The van der Waals surface area contributed by atoms with E-state index in [1.54, 1.807) is 14.1 Å². The Bertz CT molecular complexity index is 431. The maximum Gasteiger partial charge on any atom is 0.314 e. The molecule has 7 heteroatoms. The van der Waals surface area contributed by atoms with Crippen molar-refractivity contribution in [1.29, 1.82) is 0 Å². The Kier molecular flexibility index (Phi) is 3.41. The lowest BCUT2D eigenvalue weighted by molar-refractivity contribution is -0.385. The molecule has 16 heavy (non-hydrogen) atoms. The van der Waals surface area contributed by atoms with E-state index in [9.17, 15) is 14.9 Å². The van der Waals surface area contributed by atoms with Gasteiger partial charge in [0.25, 0.3) is 5.91 Å². The lowest BCUT2D eigenvalue weighted by Gasteiger charge is -2.10. The molecule has 0 aliphatic rings. The first-order chi connectivity index (χ1) is 7.47. The molecular formula is C9H11N3O4. The lowest BCUT2D eigenvalue weighted by Crippen LogP contribution is -2.21. The zero-order valence-electron chi connectivity index (χ0n) is 8.84. The van der Waals surface area contributed by atoms with E-state index in [0.717, 1.165) is 6.07 Å². The molecule has 0 saturated heterocycles. The zero-order chi connectivity index (χ0) is 12.3. The minimum absolute atomic E-state index is 0.0830. The minimum atomic E-state index is -0.658. The average Bonchev–Trinajstić information content (AvgIpc) is 2.26. The highest BCUT2D eigenvalue weighted by Gasteiger charge is 2.19. The third-order valence-corrected chi connectivity index (χ3v) is 1.94. The standard InChI is InChI=1S/C9H11N3O4/c1-11(2)9(13)6-3-4-8(16-10)7(5-6)12(14)15/h3-5H,10H2,1-2H3. The molecule has 2 N–H and O–H groups in total. The summed E-state index contributed by atoms with van der Waals surface area (Å²) >= 11 is 0. The van der Waals surface area contributed by atoms with E-state index in [1.165, 1.54) is 17.0 Å². The Hall–Kier alpha value is -2.15. The number of nitrogens with two attached hydrogens (primary N) is 1. The largest absolute Gasteiger partial charge is 0.404 e. The highest BCUT2D eigenvalue weighted by Crippen LogP contribution is 2.27. The first-order valence-corrected chi connectivity index (χ1v) is 4.34. The molecule has 0 atom stereocenters. The molecule has 0 fully saturated rings. The number of benzene rings is 1. The molecule has 1 aromatic carbocycles. The van der Waals surface area contributed by atoms with Gasteiger partial charge in [-0.15, -0.1) is 0 Å². The van der Waals surface area contributed by atoms with Crippen LogP contribution in [-0.2, 0) is 0 Å². The molecule has 86 valence electrons. The Labute approximate surface area is 91.5 Å². The second-order valence-electron chi connectivity index (χ2n) is 3.26. The number of hydrogen-bond acceptors (Lipinski definition) is 5. The Morgan fingerprint density at radius 3 is 2.56 bits per heavy atom. The van der Waals surface area contributed by atoms with Gasteiger partial charge in [0.05, 0.1) is 4.92 Å². The van der Waals surface area contributed by atoms with Crippen molar-refractivity contribution in [3.63, 3.8) is 0 Å². The van der Waals surface area contributed by atoms with E-state index in [4.69, 9.17) is 5.90 Å². The summed E-state index contributed by atoms with van der Waals surface area (Å²) in [5.41, 5.74) is -0.132. The summed E-state index contributed by atoms with van der Waals surface area (Å²) in [6.45, 7) is 0. The van der Waals surface area contributed by atoms with E-state index in [-0.39, 0.29) is 22.9 Å². The number of nitrogens with zero attached hydrogens (tertiary/aromatic N) is 2. The van der Waals surface area contributed by atoms with Crippen molar-refractivity contribution in [3.8, 4) is 5.75 Å². The summed E-state index contributed by atoms with van der Waals surface area (Å²) in [6, 6.07) is 3.83. The molecular weight excluding hydrogens is 214 g/mol. The average molecular weight is 225 g/mol. The molecule has 7 nitrogen and oxygen atoms in total. The number of nitro groups is 1. The third-order valence-electron chi connectivity index (χ3n) is 1.94. The fraction of sp³-hybridized carbons (Fsp3) is 0.222. The molecule has 1 aromatic rings. The van der Waals surface area contributed by atoms with Gasteiger partial charge in [0.2, 0.25) is 5.75 Å². The van der Waals surface area contributed by atoms with E-state index in [2.05, 4.69) is 4.84 Å². The lowest BCUT2D eigenvalue weighted by atomic mass is 10.1. The summed E-state index contributed by atoms with van der Waals surface area (Å²) in [7, 11) is 3.11. The van der Waals surface area contributed by atoms with Crippen LogP contribution in [0.15, 0.2) is 18.2 Å². The highest BCUT2D eigenvalue weighted by molar-refractivity contribution is 5.94. The summed E-state index contributed by atoms with van der Waals surface area (Å²) in [5, 5.41) is 10.7. The number of carbonyl (C=O) groups excluding carboxylic acids is 1. The molecule has 0 saturated carbocycles. The van der Waals surface area contributed by atoms with Gasteiger partial charge < -0.3 is 9.74 Å². The zero-order valence-corrected chi connectivity index (χ0v) is 8.84. The van der Waals surface area contributed by atoms with Crippen molar-refractivity contribution in [1.82, 2.24) is 4.90 Å². The molecule has 0 bridgehead atoms. The van der Waals surface area contributed by atoms with Crippen LogP contribution in [0, 0.1) is 10.1 Å². The molecule has 1 amide bonds. The van der Waals surface area contributed by atoms with Crippen molar-refractivity contribution >= 4 is 11.6 Å². The SMILES string of the molecule is CN(C)C(=O)c1ccc(ON)c([N+](=O)[O-])c1. The van der Waals surface area contributed by atoms with Crippen LogP contribution in [0.5, 0.6) is 5.75 Å². The first kappa shape index (κ1) is 11.9. The molecule has 1 rings (SSSR count). The van der Waals surface area contributed by atoms with Crippen LogP contribution in [-0.4, -0.2) is 29.8 Å². The second-order valence-corrected chi connectivity index (χ2v) is 3.26. The predicted octanol–water partition coefficient (Wildman–Crippen LogP) is 0.549. The van der Waals surface area contributed by atoms with Gasteiger partial charge in [0.1, 0.15) is 0 Å². The van der Waals surface area contributed by atoms with Gasteiger partial charge in [-0.1, -0.05) is 0 Å². The topological polar surface area (TPSA) is 98.7 Å². The van der Waals surface area contributed by atoms with Crippen LogP contribution in [0.2, 0.25) is 0 Å². The van der Waals surface area contributed by atoms with Crippen molar-refractivity contribution < 1.29 is 14.6 Å². The van der Waals surface area contributed by atoms with E-state index in [1.807, 2.05) is 0 Å². The van der Waals surface area contributed by atoms with Gasteiger partial charge in [-0.2, -0.15) is 5.90 Å². The van der Waals surface area contributed by atoms with Crippen molar-refractivity contribution in [2.24, 2.45) is 5.90 Å². The normalized spacial score (nSPS) is 9.69. The maximum atomic E-state index is 11.6. The number of amides is 1. The van der Waals surface area contributed by atoms with Gasteiger partial charge in [-0.25, -0.2) is 0 Å². The van der Waals surface area contributed by atoms with E-state index in [0.29, 0.717) is 0 Å². The highest BCUT2D eigenvalue weighted by atomic mass is 16.6. The van der Waals surface area contributed by atoms with Gasteiger partial charge in [0.15, 0.2) is 0 Å². The molecule has 0 aromatic heterocycles. The van der Waals surface area contributed by atoms with Crippen molar-refractivity contribution in [2.75, 3.05) is 14.1 Å². The Morgan fingerprint density at radius 1 is 1.50 bits per heavy atom. The third kappa shape index (κ3) is 2.26. The second kappa shape index (κ2) is 4.58. The van der Waals surface area contributed by atoms with Crippen LogP contribution in [0.25, 0.3) is 0 Å². The summed E-state index contributed by atoms with van der Waals surface area (Å²) in [4.78, 5) is 27.2. The summed E-state index contributed by atoms with van der Waals surface area (Å²) < 4.78 is 0.